The van der Waals surface area contributed by atoms with Gasteiger partial charge in [-0.1, -0.05) is 48.5 Å². The fourth-order valence-corrected chi connectivity index (χ4v) is 3.41. The summed E-state index contributed by atoms with van der Waals surface area (Å²) in [6, 6.07) is 16.1. The monoisotopic (exact) mass is 339 g/mol. The second-order valence-electron chi connectivity index (χ2n) is 6.05. The summed E-state index contributed by atoms with van der Waals surface area (Å²) >= 11 is 0. The van der Waals surface area contributed by atoms with Crippen LogP contribution < -0.4 is 0 Å². The smallest absolute Gasteiger partial charge is 0.292 e. The summed E-state index contributed by atoms with van der Waals surface area (Å²) in [5.41, 5.74) is 4.52. The van der Waals surface area contributed by atoms with Crippen molar-refractivity contribution in [1.82, 2.24) is 5.06 Å². The minimum Gasteiger partial charge on any atom is -0.344 e. The van der Waals surface area contributed by atoms with Crippen LogP contribution in [0.1, 0.15) is 29.9 Å². The van der Waals surface area contributed by atoms with E-state index in [0.29, 0.717) is 5.06 Å². The second-order valence-corrected chi connectivity index (χ2v) is 6.05. The number of benzene rings is 2. The Kier molecular flexibility index (Phi) is 4.09. The molecule has 2 aliphatic rings. The summed E-state index contributed by atoms with van der Waals surface area (Å²) in [4.78, 5) is 28.0. The van der Waals surface area contributed by atoms with Crippen molar-refractivity contribution in [1.29, 1.82) is 0 Å². The molecule has 6 nitrogen and oxygen atoms in total. The van der Waals surface area contributed by atoms with Crippen LogP contribution >= 0.6 is 0 Å². The number of carbonyl (C=O) groups is 2. The first-order valence-corrected chi connectivity index (χ1v) is 8.15. The molecule has 2 aromatic rings. The number of hydrogen-bond acceptors (Lipinski definition) is 5. The van der Waals surface area contributed by atoms with Crippen molar-refractivity contribution in [2.45, 2.75) is 25.2 Å². The van der Waals surface area contributed by atoms with E-state index in [1.807, 2.05) is 36.4 Å². The molecule has 0 spiro atoms. The molecule has 0 bridgehead atoms. The molecule has 128 valence electrons. The van der Waals surface area contributed by atoms with Crippen molar-refractivity contribution in [3.63, 3.8) is 0 Å². The first kappa shape index (κ1) is 16.0. The van der Waals surface area contributed by atoms with Crippen LogP contribution in [0.2, 0.25) is 0 Å². The molecule has 1 fully saturated rings. The summed E-state index contributed by atoms with van der Waals surface area (Å²) in [6.45, 7) is -1.50. The average Bonchev–Trinajstić information content (AvgIpc) is 3.12. The molecule has 4 rings (SSSR count). The van der Waals surface area contributed by atoms with Gasteiger partial charge in [-0.25, -0.2) is 4.84 Å². The highest BCUT2D eigenvalue weighted by Gasteiger charge is 2.33. The largest absolute Gasteiger partial charge is 0.344 e. The number of fused-ring (bicyclic) bond motifs is 3. The molecule has 2 aromatic carbocycles. The standard InChI is InChI=1S/C19H17NO5/c21-17-9-10-18(22)20(17)25-19(23)24-11-16-14-7-3-1-5-12(14)13-6-2-4-8-15(13)16/h1-8,16,19,23H,9-11H2. The number of ether oxygens (including phenoxy) is 1. The van der Waals surface area contributed by atoms with Gasteiger partial charge < -0.3 is 9.84 Å². The van der Waals surface area contributed by atoms with Crippen molar-refractivity contribution in [2.75, 3.05) is 6.61 Å². The number of amides is 2. The van der Waals surface area contributed by atoms with Gasteiger partial charge >= 0.3 is 0 Å². The highest BCUT2D eigenvalue weighted by Crippen LogP contribution is 2.44. The Morgan fingerprint density at radius 1 is 0.960 bits per heavy atom. The van der Waals surface area contributed by atoms with Gasteiger partial charge in [-0.05, 0) is 22.3 Å². The van der Waals surface area contributed by atoms with Crippen molar-refractivity contribution in [2.24, 2.45) is 0 Å². The van der Waals surface area contributed by atoms with E-state index in [1.165, 1.54) is 0 Å². The second kappa shape index (κ2) is 6.40. The zero-order valence-electron chi connectivity index (χ0n) is 13.4. The van der Waals surface area contributed by atoms with Gasteiger partial charge in [0.15, 0.2) is 0 Å². The van der Waals surface area contributed by atoms with Gasteiger partial charge in [0.2, 0.25) is 0 Å². The Labute approximate surface area is 144 Å². The molecule has 6 heteroatoms. The zero-order valence-corrected chi connectivity index (χ0v) is 13.4. The van der Waals surface area contributed by atoms with Crippen LogP contribution in [0, 0.1) is 0 Å². The van der Waals surface area contributed by atoms with E-state index in [0.717, 1.165) is 22.3 Å². The third-order valence-corrected chi connectivity index (χ3v) is 4.57. The third kappa shape index (κ3) is 2.84. The highest BCUT2D eigenvalue weighted by molar-refractivity contribution is 6.00. The number of hydrogen-bond donors (Lipinski definition) is 1. The Hall–Kier alpha value is -2.54. The first-order chi connectivity index (χ1) is 12.1. The number of nitrogens with zero attached hydrogens (tertiary/aromatic N) is 1. The Morgan fingerprint density at radius 3 is 2.04 bits per heavy atom. The Morgan fingerprint density at radius 2 is 1.48 bits per heavy atom. The molecular formula is C19H17NO5. The lowest BCUT2D eigenvalue weighted by atomic mass is 9.98. The van der Waals surface area contributed by atoms with E-state index < -0.39 is 18.3 Å². The van der Waals surface area contributed by atoms with Crippen molar-refractivity contribution < 1.29 is 24.3 Å². The van der Waals surface area contributed by atoms with Crippen molar-refractivity contribution >= 4 is 11.8 Å². The SMILES string of the molecule is O=C1CCC(=O)N1OC(O)OCC1c2ccccc2-c2ccccc21. The molecule has 0 saturated carbocycles. The predicted molar refractivity (Wildman–Crippen MR) is 87.9 cm³/mol. The third-order valence-electron chi connectivity index (χ3n) is 4.57. The van der Waals surface area contributed by atoms with Crippen molar-refractivity contribution in [3.8, 4) is 11.1 Å². The van der Waals surface area contributed by atoms with Gasteiger partial charge in [0.05, 0.1) is 6.61 Å². The molecule has 1 saturated heterocycles. The molecule has 1 N–H and O–H groups in total. The summed E-state index contributed by atoms with van der Waals surface area (Å²) in [6.07, 6.45) is 0.184. The van der Waals surface area contributed by atoms with Gasteiger partial charge in [0, 0.05) is 18.8 Å². The lowest BCUT2D eigenvalue weighted by molar-refractivity contribution is -0.335. The summed E-state index contributed by atoms with van der Waals surface area (Å²) < 4.78 is 5.39. The van der Waals surface area contributed by atoms with Crippen molar-refractivity contribution in [3.05, 3.63) is 59.7 Å². The lowest BCUT2D eigenvalue weighted by Gasteiger charge is -2.20. The molecule has 1 heterocycles. The number of imide groups is 1. The van der Waals surface area contributed by atoms with E-state index in [-0.39, 0.29) is 25.4 Å². The molecule has 1 aliphatic carbocycles. The average molecular weight is 339 g/mol. The maximum Gasteiger partial charge on any atom is 0.292 e. The molecule has 1 unspecified atom stereocenters. The maximum absolute atomic E-state index is 11.5. The molecule has 25 heavy (non-hydrogen) atoms. The Bertz CT molecular complexity index is 773. The van der Waals surface area contributed by atoms with Gasteiger partial charge in [0.25, 0.3) is 18.3 Å². The van der Waals surface area contributed by atoms with Crippen LogP contribution in [0.5, 0.6) is 0 Å². The van der Waals surface area contributed by atoms with E-state index in [2.05, 4.69) is 12.1 Å². The zero-order chi connectivity index (χ0) is 17.4. The number of aliphatic hydroxyl groups excluding tert-OH is 1. The summed E-state index contributed by atoms with van der Waals surface area (Å²) in [5.74, 6) is -0.982. The van der Waals surface area contributed by atoms with Gasteiger partial charge in [0.1, 0.15) is 0 Å². The normalized spacial score (nSPS) is 17.7. The molecular weight excluding hydrogens is 322 g/mol. The molecule has 1 atom stereocenters. The van der Waals surface area contributed by atoms with E-state index >= 15 is 0 Å². The van der Waals surface area contributed by atoms with Crippen LogP contribution in [0.3, 0.4) is 0 Å². The van der Waals surface area contributed by atoms with E-state index in [4.69, 9.17) is 9.57 Å². The van der Waals surface area contributed by atoms with Crippen LogP contribution in [0.15, 0.2) is 48.5 Å². The maximum atomic E-state index is 11.5. The minimum atomic E-state index is -1.68. The summed E-state index contributed by atoms with van der Waals surface area (Å²) in [5, 5.41) is 10.5. The van der Waals surface area contributed by atoms with E-state index in [9.17, 15) is 14.7 Å². The molecule has 0 radical (unpaired) electrons. The van der Waals surface area contributed by atoms with Crippen LogP contribution in [0.25, 0.3) is 11.1 Å². The number of carbonyl (C=O) groups excluding carboxylic acids is 2. The first-order valence-electron chi connectivity index (χ1n) is 8.15. The number of hydroxylamine groups is 2. The Balaban J connectivity index is 1.48. The van der Waals surface area contributed by atoms with Crippen LogP contribution in [0.4, 0.5) is 0 Å². The predicted octanol–water partition coefficient (Wildman–Crippen LogP) is 2.17. The highest BCUT2D eigenvalue weighted by atomic mass is 16.9. The van der Waals surface area contributed by atoms with E-state index in [1.54, 1.807) is 0 Å². The topological polar surface area (TPSA) is 76.1 Å². The fourth-order valence-electron chi connectivity index (χ4n) is 3.41. The van der Waals surface area contributed by atoms with Gasteiger partial charge in [-0.2, -0.15) is 0 Å². The molecule has 2 amide bonds. The lowest BCUT2D eigenvalue weighted by Crippen LogP contribution is -2.35. The molecule has 1 aliphatic heterocycles. The minimum absolute atomic E-state index is 0.0457. The van der Waals surface area contributed by atoms with Crippen LogP contribution in [-0.4, -0.2) is 35.1 Å². The molecule has 0 aromatic heterocycles. The van der Waals surface area contributed by atoms with Gasteiger partial charge in [-0.3, -0.25) is 9.59 Å². The van der Waals surface area contributed by atoms with Crippen LogP contribution in [-0.2, 0) is 19.2 Å². The number of aliphatic hydroxyl groups is 1. The number of rotatable bonds is 5. The summed E-state index contributed by atoms with van der Waals surface area (Å²) in [7, 11) is 0. The van der Waals surface area contributed by atoms with Gasteiger partial charge in [-0.15, -0.1) is 5.06 Å². The quantitative estimate of drug-likeness (QED) is 0.667. The fraction of sp³-hybridized carbons (Fsp3) is 0.263.